The number of hydrogen-bond donors (Lipinski definition) is 1. The number of carbonyl (C=O) groups excluding carboxylic acids is 2. The smallest absolute Gasteiger partial charge is 0.278 e. The summed E-state index contributed by atoms with van der Waals surface area (Å²) in [4.78, 5) is 24.3. The van der Waals surface area contributed by atoms with Crippen molar-refractivity contribution in [3.8, 4) is 0 Å². The number of benzene rings is 1. The van der Waals surface area contributed by atoms with Gasteiger partial charge in [0.25, 0.3) is 5.91 Å². The Labute approximate surface area is 142 Å². The third kappa shape index (κ3) is 3.79. The van der Waals surface area contributed by atoms with Crippen LogP contribution in [0.4, 0.5) is 5.69 Å². The molecule has 0 radical (unpaired) electrons. The average molecular weight is 325 g/mol. The lowest BCUT2D eigenvalue weighted by Gasteiger charge is -2.07. The predicted molar refractivity (Wildman–Crippen MR) is 95.3 cm³/mol. The van der Waals surface area contributed by atoms with Crippen LogP contribution >= 0.6 is 0 Å². The first-order valence-corrected chi connectivity index (χ1v) is 8.08. The maximum atomic E-state index is 12.7. The molecular formula is C19H23N3O2. The van der Waals surface area contributed by atoms with Gasteiger partial charge >= 0.3 is 0 Å². The Bertz CT molecular complexity index is 758. The first-order chi connectivity index (χ1) is 11.5. The summed E-state index contributed by atoms with van der Waals surface area (Å²) in [5, 5.41) is 7.16. The molecule has 1 aromatic carbocycles. The van der Waals surface area contributed by atoms with E-state index >= 15 is 0 Å². The van der Waals surface area contributed by atoms with Crippen molar-refractivity contribution >= 4 is 17.5 Å². The second-order valence-electron chi connectivity index (χ2n) is 5.73. The number of hydrogen-bond acceptors (Lipinski definition) is 3. The molecule has 1 N–H and O–H groups in total. The fourth-order valence-electron chi connectivity index (χ4n) is 2.58. The fraction of sp³-hybridized carbons (Fsp3) is 0.316. The van der Waals surface area contributed by atoms with Crippen LogP contribution in [-0.4, -0.2) is 21.6 Å². The van der Waals surface area contributed by atoms with E-state index in [2.05, 4.69) is 17.0 Å². The molecular weight excluding hydrogens is 302 g/mol. The molecule has 2 rings (SSSR count). The van der Waals surface area contributed by atoms with Gasteiger partial charge in [-0.25, -0.2) is 4.68 Å². The predicted octanol–water partition coefficient (Wildman–Crippen LogP) is 3.66. The summed E-state index contributed by atoms with van der Waals surface area (Å²) in [6.07, 6.45) is 3.78. The minimum Gasteiger partial charge on any atom is -0.326 e. The highest BCUT2D eigenvalue weighted by atomic mass is 16.2. The Morgan fingerprint density at radius 2 is 1.92 bits per heavy atom. The summed E-state index contributed by atoms with van der Waals surface area (Å²) in [7, 11) is 0. The van der Waals surface area contributed by atoms with Gasteiger partial charge in [0.05, 0.1) is 5.69 Å². The zero-order valence-corrected chi connectivity index (χ0v) is 14.4. The van der Waals surface area contributed by atoms with Gasteiger partial charge < -0.3 is 5.32 Å². The largest absolute Gasteiger partial charge is 0.326 e. The van der Waals surface area contributed by atoms with Gasteiger partial charge in [-0.2, -0.15) is 5.10 Å². The molecule has 1 aromatic heterocycles. The monoisotopic (exact) mass is 325 g/mol. The summed E-state index contributed by atoms with van der Waals surface area (Å²) in [5.41, 5.74) is 3.91. The summed E-state index contributed by atoms with van der Waals surface area (Å²) in [6, 6.07) is 6.87. The molecule has 0 fully saturated rings. The second kappa shape index (κ2) is 7.73. The lowest BCUT2D eigenvalue weighted by atomic mass is 10.1. The molecule has 0 saturated heterocycles. The van der Waals surface area contributed by atoms with E-state index in [1.807, 2.05) is 20.8 Å². The van der Waals surface area contributed by atoms with Crippen LogP contribution in [0, 0.1) is 13.8 Å². The van der Waals surface area contributed by atoms with Crippen molar-refractivity contribution in [1.29, 1.82) is 0 Å². The molecule has 1 heterocycles. The van der Waals surface area contributed by atoms with E-state index in [0.29, 0.717) is 24.1 Å². The third-order valence-electron chi connectivity index (χ3n) is 3.87. The van der Waals surface area contributed by atoms with E-state index in [-0.39, 0.29) is 11.8 Å². The molecule has 24 heavy (non-hydrogen) atoms. The number of aryl methyl sites for hydroxylation is 1. The Kier molecular flexibility index (Phi) is 5.68. The molecule has 1 amide bonds. The van der Waals surface area contributed by atoms with Gasteiger partial charge in [-0.05, 0) is 51.0 Å². The summed E-state index contributed by atoms with van der Waals surface area (Å²) >= 11 is 0. The molecule has 0 spiro atoms. The van der Waals surface area contributed by atoms with Crippen LogP contribution in [0.3, 0.4) is 0 Å². The van der Waals surface area contributed by atoms with Crippen molar-refractivity contribution in [2.75, 3.05) is 5.32 Å². The number of nitrogens with zero attached hydrogens (tertiary/aromatic N) is 2. The minimum atomic E-state index is -0.183. The summed E-state index contributed by atoms with van der Waals surface area (Å²) < 4.78 is 1.43. The number of rotatable bonds is 6. The minimum absolute atomic E-state index is 0.0239. The van der Waals surface area contributed by atoms with Gasteiger partial charge in [-0.15, -0.1) is 6.58 Å². The van der Waals surface area contributed by atoms with Crippen LogP contribution in [-0.2, 0) is 11.2 Å². The average Bonchev–Trinajstić information content (AvgIpc) is 2.84. The molecule has 0 atom stereocenters. The molecule has 0 bridgehead atoms. The van der Waals surface area contributed by atoms with Crippen LogP contribution in [0.5, 0.6) is 0 Å². The van der Waals surface area contributed by atoms with Gasteiger partial charge in [-0.3, -0.25) is 9.59 Å². The molecule has 0 aliphatic heterocycles. The van der Waals surface area contributed by atoms with E-state index in [0.717, 1.165) is 23.4 Å². The molecule has 5 nitrogen and oxygen atoms in total. The van der Waals surface area contributed by atoms with Crippen molar-refractivity contribution in [1.82, 2.24) is 9.78 Å². The van der Waals surface area contributed by atoms with Gasteiger partial charge in [0.1, 0.15) is 0 Å². The quantitative estimate of drug-likeness (QED) is 0.824. The molecule has 0 aliphatic rings. The fourth-order valence-corrected chi connectivity index (χ4v) is 2.58. The van der Waals surface area contributed by atoms with Crippen LogP contribution < -0.4 is 5.32 Å². The highest BCUT2D eigenvalue weighted by Gasteiger charge is 2.17. The summed E-state index contributed by atoms with van der Waals surface area (Å²) in [5.74, 6) is -0.207. The standard InChI is InChI=1S/C19H23N3O2/c1-5-7-17-13(3)21-22(14(17)4)19(24)15-9-11-16(12-10-15)20-18(23)8-6-2/h5,9-12H,1,6-8H2,2-4H3,(H,20,23). The lowest BCUT2D eigenvalue weighted by molar-refractivity contribution is -0.116. The number of nitrogens with one attached hydrogen (secondary N) is 1. The SMILES string of the molecule is C=CCc1c(C)nn(C(=O)c2ccc(NC(=O)CCC)cc2)c1C. The topological polar surface area (TPSA) is 64.0 Å². The second-order valence-corrected chi connectivity index (χ2v) is 5.73. The zero-order valence-electron chi connectivity index (χ0n) is 14.4. The van der Waals surface area contributed by atoms with Gasteiger partial charge in [0.2, 0.25) is 5.91 Å². The normalized spacial score (nSPS) is 10.5. The van der Waals surface area contributed by atoms with Gasteiger partial charge in [0, 0.05) is 28.9 Å². The van der Waals surface area contributed by atoms with Crippen LogP contribution in [0.2, 0.25) is 0 Å². The van der Waals surface area contributed by atoms with E-state index < -0.39 is 0 Å². The number of amides is 1. The zero-order chi connectivity index (χ0) is 17.7. The van der Waals surface area contributed by atoms with E-state index in [4.69, 9.17) is 0 Å². The number of anilines is 1. The highest BCUT2D eigenvalue weighted by molar-refractivity contribution is 5.97. The van der Waals surface area contributed by atoms with Crippen molar-refractivity contribution in [2.24, 2.45) is 0 Å². The van der Waals surface area contributed by atoms with Crippen molar-refractivity contribution < 1.29 is 9.59 Å². The van der Waals surface area contributed by atoms with Crippen molar-refractivity contribution in [3.05, 3.63) is 59.4 Å². The van der Waals surface area contributed by atoms with Crippen LogP contribution in [0.25, 0.3) is 0 Å². The van der Waals surface area contributed by atoms with Gasteiger partial charge in [0.15, 0.2) is 0 Å². The first-order valence-electron chi connectivity index (χ1n) is 8.08. The van der Waals surface area contributed by atoms with Gasteiger partial charge in [-0.1, -0.05) is 13.0 Å². The Hall–Kier alpha value is -2.69. The third-order valence-corrected chi connectivity index (χ3v) is 3.87. The van der Waals surface area contributed by atoms with Crippen molar-refractivity contribution in [2.45, 2.75) is 40.0 Å². The van der Waals surface area contributed by atoms with Crippen LogP contribution in [0.15, 0.2) is 36.9 Å². The molecule has 0 unspecified atom stereocenters. The number of carbonyl (C=O) groups is 2. The Balaban J connectivity index is 2.20. The molecule has 5 heteroatoms. The highest BCUT2D eigenvalue weighted by Crippen LogP contribution is 2.17. The number of allylic oxidation sites excluding steroid dienone is 1. The number of aromatic nitrogens is 2. The molecule has 126 valence electrons. The maximum absolute atomic E-state index is 12.7. The van der Waals surface area contributed by atoms with E-state index in [1.165, 1.54) is 4.68 Å². The lowest BCUT2D eigenvalue weighted by Crippen LogP contribution is -2.16. The Morgan fingerprint density at radius 1 is 1.25 bits per heavy atom. The van der Waals surface area contributed by atoms with Crippen molar-refractivity contribution in [3.63, 3.8) is 0 Å². The van der Waals surface area contributed by atoms with E-state index in [9.17, 15) is 9.59 Å². The van der Waals surface area contributed by atoms with Crippen LogP contribution in [0.1, 0.15) is 47.1 Å². The molecule has 0 aliphatic carbocycles. The molecule has 2 aromatic rings. The van der Waals surface area contributed by atoms with E-state index in [1.54, 1.807) is 30.3 Å². The summed E-state index contributed by atoms with van der Waals surface area (Å²) in [6.45, 7) is 9.47. The maximum Gasteiger partial charge on any atom is 0.278 e. The Morgan fingerprint density at radius 3 is 2.50 bits per heavy atom. The molecule has 0 saturated carbocycles. The first kappa shape index (κ1) is 17.7.